The van der Waals surface area contributed by atoms with E-state index in [1.165, 1.54) is 22.6 Å². The standard InChI is InChI=1S/C28H25F6N5O3S/c1-2-42-26(41)38-9-3-8-37(10-11-38)25-36-24(40)23(43-25)13-17-4-7-22-19(12-17)15-35-39(22)16-18-5-6-20(27(29,30)31)14-21(18)28(32,33)34/h4-7,12-15H,2-3,8-11,16H2,1H3. The van der Waals surface area contributed by atoms with Crippen LogP contribution < -0.4 is 0 Å². The minimum atomic E-state index is -4.99. The lowest BCUT2D eigenvalue weighted by molar-refractivity contribution is -0.143. The van der Waals surface area contributed by atoms with Gasteiger partial charge < -0.3 is 14.5 Å². The van der Waals surface area contributed by atoms with E-state index in [1.807, 2.05) is 4.90 Å². The first-order chi connectivity index (χ1) is 20.3. The highest BCUT2D eigenvalue weighted by Crippen LogP contribution is 2.38. The minimum Gasteiger partial charge on any atom is -0.450 e. The highest BCUT2D eigenvalue weighted by molar-refractivity contribution is 8.18. The zero-order chi connectivity index (χ0) is 30.9. The smallest absolute Gasteiger partial charge is 0.416 e. The van der Waals surface area contributed by atoms with Crippen molar-refractivity contribution in [2.45, 2.75) is 32.2 Å². The first-order valence-corrected chi connectivity index (χ1v) is 14.1. The van der Waals surface area contributed by atoms with Crippen molar-refractivity contribution < 1.29 is 40.7 Å². The minimum absolute atomic E-state index is 0.111. The molecule has 3 aromatic rings. The molecule has 0 radical (unpaired) electrons. The van der Waals surface area contributed by atoms with Crippen molar-refractivity contribution in [2.24, 2.45) is 4.99 Å². The zero-order valence-corrected chi connectivity index (χ0v) is 23.5. The zero-order valence-electron chi connectivity index (χ0n) is 22.7. The van der Waals surface area contributed by atoms with E-state index in [1.54, 1.807) is 36.1 Å². The highest BCUT2D eigenvalue weighted by Gasteiger charge is 2.38. The van der Waals surface area contributed by atoms with Crippen LogP contribution in [0.2, 0.25) is 0 Å². The number of rotatable bonds is 4. The summed E-state index contributed by atoms with van der Waals surface area (Å²) in [5.41, 5.74) is -2.01. The number of aromatic nitrogens is 2. The van der Waals surface area contributed by atoms with E-state index < -0.39 is 35.9 Å². The van der Waals surface area contributed by atoms with Crippen LogP contribution in [-0.2, 0) is 28.4 Å². The summed E-state index contributed by atoms with van der Waals surface area (Å²) in [5.74, 6) is -0.413. The molecular weight excluding hydrogens is 600 g/mol. The van der Waals surface area contributed by atoms with Gasteiger partial charge in [0.05, 0.1) is 40.9 Å². The summed E-state index contributed by atoms with van der Waals surface area (Å²) in [5, 5.41) is 5.26. The normalized spacial score (nSPS) is 17.5. The molecule has 0 aliphatic carbocycles. The number of alkyl halides is 6. The quantitative estimate of drug-likeness (QED) is 0.252. The Morgan fingerprint density at radius 3 is 2.53 bits per heavy atom. The monoisotopic (exact) mass is 625 g/mol. The number of hydrogen-bond donors (Lipinski definition) is 0. The van der Waals surface area contributed by atoms with Gasteiger partial charge in [-0.15, -0.1) is 0 Å². The lowest BCUT2D eigenvalue weighted by atomic mass is 10.0. The Balaban J connectivity index is 1.31. The van der Waals surface area contributed by atoms with Crippen molar-refractivity contribution >= 4 is 45.9 Å². The third-order valence-electron chi connectivity index (χ3n) is 6.93. The van der Waals surface area contributed by atoms with Gasteiger partial charge in [0.15, 0.2) is 5.17 Å². The first-order valence-electron chi connectivity index (χ1n) is 13.3. The van der Waals surface area contributed by atoms with Crippen LogP contribution in [0.25, 0.3) is 17.0 Å². The number of amides is 2. The first kappa shape index (κ1) is 30.4. The third-order valence-corrected chi connectivity index (χ3v) is 7.97. The number of ether oxygens (including phenoxy) is 1. The van der Waals surface area contributed by atoms with Crippen molar-refractivity contribution in [3.63, 3.8) is 0 Å². The number of hydrogen-bond acceptors (Lipinski definition) is 6. The summed E-state index contributed by atoms with van der Waals surface area (Å²) in [6.45, 7) is 3.71. The summed E-state index contributed by atoms with van der Waals surface area (Å²) >= 11 is 1.21. The lowest BCUT2D eigenvalue weighted by Gasteiger charge is -2.22. The predicted molar refractivity (Wildman–Crippen MR) is 148 cm³/mol. The number of amidine groups is 1. The summed E-state index contributed by atoms with van der Waals surface area (Å²) in [6.07, 6.45) is -6.50. The van der Waals surface area contributed by atoms with Crippen molar-refractivity contribution in [1.29, 1.82) is 0 Å². The number of fused-ring (bicyclic) bond motifs is 1. The second kappa shape index (κ2) is 11.9. The molecule has 0 atom stereocenters. The van der Waals surface area contributed by atoms with E-state index in [-0.39, 0.29) is 24.3 Å². The summed E-state index contributed by atoms with van der Waals surface area (Å²) in [7, 11) is 0. The predicted octanol–water partition coefficient (Wildman–Crippen LogP) is 6.26. The lowest BCUT2D eigenvalue weighted by Crippen LogP contribution is -2.36. The van der Waals surface area contributed by atoms with E-state index in [2.05, 4.69) is 10.1 Å². The van der Waals surface area contributed by atoms with Crippen LogP contribution in [0.15, 0.2) is 52.5 Å². The van der Waals surface area contributed by atoms with Gasteiger partial charge >= 0.3 is 18.4 Å². The van der Waals surface area contributed by atoms with Gasteiger partial charge in [-0.25, -0.2) is 4.79 Å². The van der Waals surface area contributed by atoms with Crippen LogP contribution in [0.3, 0.4) is 0 Å². The molecule has 15 heteroatoms. The molecule has 1 aromatic heterocycles. The molecule has 1 fully saturated rings. The molecule has 0 unspecified atom stereocenters. The molecule has 0 N–H and O–H groups in total. The molecule has 2 amide bonds. The number of aliphatic imine (C=N–C) groups is 1. The molecule has 2 aromatic carbocycles. The Morgan fingerprint density at radius 1 is 1.02 bits per heavy atom. The van der Waals surface area contributed by atoms with Crippen LogP contribution in [-0.4, -0.2) is 69.5 Å². The van der Waals surface area contributed by atoms with Crippen molar-refractivity contribution in [2.75, 3.05) is 32.8 Å². The fraction of sp³-hybridized carbons (Fsp3) is 0.357. The van der Waals surface area contributed by atoms with Gasteiger partial charge in [-0.2, -0.15) is 36.4 Å². The van der Waals surface area contributed by atoms with E-state index >= 15 is 0 Å². The van der Waals surface area contributed by atoms with Gasteiger partial charge in [0.2, 0.25) is 0 Å². The van der Waals surface area contributed by atoms with Gasteiger partial charge in [0.1, 0.15) is 0 Å². The maximum Gasteiger partial charge on any atom is 0.416 e. The number of carbonyl (C=O) groups is 2. The van der Waals surface area contributed by atoms with E-state index in [0.717, 1.165) is 6.07 Å². The Kier molecular flexibility index (Phi) is 8.45. The highest BCUT2D eigenvalue weighted by atomic mass is 32.2. The van der Waals surface area contributed by atoms with Crippen molar-refractivity contribution in [3.8, 4) is 0 Å². The molecule has 43 heavy (non-hydrogen) atoms. The van der Waals surface area contributed by atoms with Gasteiger partial charge in [-0.3, -0.25) is 9.48 Å². The second-order valence-corrected chi connectivity index (χ2v) is 10.8. The maximum atomic E-state index is 13.6. The SMILES string of the molecule is CCOC(=O)N1CCCN(C2=NC(=O)C(=Cc3ccc4c(cnn4Cc4ccc(C(F)(F)F)cc4C(F)(F)F)c3)S2)CC1. The van der Waals surface area contributed by atoms with Gasteiger partial charge in [-0.05, 0) is 66.6 Å². The molecule has 0 bridgehead atoms. The molecule has 3 heterocycles. The van der Waals surface area contributed by atoms with Crippen LogP contribution >= 0.6 is 11.8 Å². The molecule has 228 valence electrons. The molecule has 1 saturated heterocycles. The number of benzene rings is 2. The van der Waals surface area contributed by atoms with Crippen LogP contribution in [0.4, 0.5) is 31.1 Å². The Bertz CT molecular complexity index is 1610. The summed E-state index contributed by atoms with van der Waals surface area (Å²) in [6, 6.07) is 6.54. The fourth-order valence-electron chi connectivity index (χ4n) is 4.83. The molecule has 5 rings (SSSR count). The Hall–Kier alpha value is -4.01. The number of thioether (sulfide) groups is 1. The molecular formula is C28H25F6N5O3S. The summed E-state index contributed by atoms with van der Waals surface area (Å²) < 4.78 is 86.3. The average molecular weight is 626 g/mol. The largest absolute Gasteiger partial charge is 0.450 e. The molecule has 0 spiro atoms. The molecule has 2 aliphatic heterocycles. The van der Waals surface area contributed by atoms with Gasteiger partial charge in [0, 0.05) is 31.6 Å². The van der Waals surface area contributed by atoms with Crippen LogP contribution in [0.5, 0.6) is 0 Å². The molecule has 0 saturated carbocycles. The summed E-state index contributed by atoms with van der Waals surface area (Å²) in [4.78, 5) is 32.9. The van der Waals surface area contributed by atoms with Crippen molar-refractivity contribution in [3.05, 3.63) is 69.8 Å². The van der Waals surface area contributed by atoms with Crippen LogP contribution in [0.1, 0.15) is 35.6 Å². The van der Waals surface area contributed by atoms with E-state index in [9.17, 15) is 35.9 Å². The molecule has 2 aliphatic rings. The van der Waals surface area contributed by atoms with Gasteiger partial charge in [-0.1, -0.05) is 12.1 Å². The fourth-order valence-corrected chi connectivity index (χ4v) is 5.79. The number of halogens is 6. The average Bonchev–Trinajstić information content (AvgIpc) is 3.39. The maximum absolute atomic E-state index is 13.6. The topological polar surface area (TPSA) is 80.0 Å². The van der Waals surface area contributed by atoms with E-state index in [0.29, 0.717) is 65.2 Å². The third kappa shape index (κ3) is 6.81. The Morgan fingerprint density at radius 2 is 1.81 bits per heavy atom. The van der Waals surface area contributed by atoms with Crippen molar-refractivity contribution in [1.82, 2.24) is 19.6 Å². The number of carbonyl (C=O) groups excluding carboxylic acids is 2. The van der Waals surface area contributed by atoms with E-state index in [4.69, 9.17) is 4.74 Å². The van der Waals surface area contributed by atoms with Gasteiger partial charge in [0.25, 0.3) is 5.91 Å². The Labute approximate surface area is 246 Å². The van der Waals surface area contributed by atoms with Crippen LogP contribution in [0, 0.1) is 0 Å². The number of nitrogens with zero attached hydrogens (tertiary/aromatic N) is 5. The second-order valence-electron chi connectivity index (χ2n) is 9.82. The molecule has 8 nitrogen and oxygen atoms in total.